The van der Waals surface area contributed by atoms with E-state index >= 15 is 0 Å². The molecule has 0 spiro atoms. The minimum Gasteiger partial charge on any atom is -0.368 e. The van der Waals surface area contributed by atoms with Crippen LogP contribution >= 0.6 is 0 Å². The maximum atomic E-state index is 12.3. The predicted octanol–water partition coefficient (Wildman–Crippen LogP) is 2.99. The van der Waals surface area contributed by atoms with Gasteiger partial charge in [-0.15, -0.1) is 0 Å². The Balaban J connectivity index is 1.58. The molecule has 1 amide bonds. The number of rotatable bonds is 3. The summed E-state index contributed by atoms with van der Waals surface area (Å²) in [5.41, 5.74) is 3.20. The molecule has 0 radical (unpaired) electrons. The van der Waals surface area contributed by atoms with Gasteiger partial charge < -0.3 is 15.0 Å². The summed E-state index contributed by atoms with van der Waals surface area (Å²) in [7, 11) is 0. The van der Waals surface area contributed by atoms with E-state index < -0.39 is 0 Å². The van der Waals surface area contributed by atoms with E-state index in [1.54, 1.807) is 6.20 Å². The Hall–Kier alpha value is -2.73. The average Bonchev–Trinajstić information content (AvgIpc) is 3.21. The molecule has 2 N–H and O–H groups in total. The number of imidazole rings is 1. The van der Waals surface area contributed by atoms with E-state index in [-0.39, 0.29) is 17.9 Å². The molecule has 0 bridgehead atoms. The third kappa shape index (κ3) is 2.76. The number of hydrogen-bond acceptors (Lipinski definition) is 4. The molecule has 4 rings (SSSR count). The van der Waals surface area contributed by atoms with E-state index in [4.69, 9.17) is 4.74 Å². The Morgan fingerprint density at radius 3 is 3.00 bits per heavy atom. The number of amides is 1. The first-order chi connectivity index (χ1) is 11.7. The van der Waals surface area contributed by atoms with Crippen LogP contribution in [0.1, 0.15) is 13.3 Å². The lowest BCUT2D eigenvalue weighted by molar-refractivity contribution is -0.126. The molecule has 0 saturated carbocycles. The van der Waals surface area contributed by atoms with Crippen molar-refractivity contribution in [2.45, 2.75) is 19.4 Å². The number of fused-ring (bicyclic) bond motifs is 1. The van der Waals surface area contributed by atoms with Crippen LogP contribution < -0.4 is 5.32 Å². The van der Waals surface area contributed by atoms with Crippen LogP contribution in [-0.4, -0.2) is 33.6 Å². The van der Waals surface area contributed by atoms with Crippen LogP contribution in [0.4, 0.5) is 5.69 Å². The van der Waals surface area contributed by atoms with E-state index in [0.717, 1.165) is 28.8 Å². The number of pyridine rings is 1. The van der Waals surface area contributed by atoms with E-state index in [1.807, 2.05) is 43.3 Å². The Morgan fingerprint density at radius 2 is 2.25 bits per heavy atom. The molecule has 1 saturated heterocycles. The Bertz CT molecular complexity index is 875. The first-order valence-corrected chi connectivity index (χ1v) is 8.04. The second-order valence-corrected chi connectivity index (χ2v) is 6.08. The largest absolute Gasteiger partial charge is 0.368 e. The number of aromatic nitrogens is 3. The lowest BCUT2D eigenvalue weighted by Gasteiger charge is -2.14. The van der Waals surface area contributed by atoms with Gasteiger partial charge in [-0.2, -0.15) is 0 Å². The predicted molar refractivity (Wildman–Crippen MR) is 91.5 cm³/mol. The van der Waals surface area contributed by atoms with E-state index in [0.29, 0.717) is 12.4 Å². The topological polar surface area (TPSA) is 79.9 Å². The first-order valence-electron chi connectivity index (χ1n) is 8.04. The number of nitrogens with zero attached hydrogens (tertiary/aromatic N) is 2. The molecule has 0 aliphatic carbocycles. The van der Waals surface area contributed by atoms with Crippen LogP contribution in [-0.2, 0) is 9.53 Å². The molecule has 3 aromatic rings. The lowest BCUT2D eigenvalue weighted by atomic mass is 10.0. The molecule has 6 heteroatoms. The number of anilines is 1. The fourth-order valence-electron chi connectivity index (χ4n) is 2.96. The van der Waals surface area contributed by atoms with Crippen molar-refractivity contribution in [3.8, 4) is 11.5 Å². The van der Waals surface area contributed by atoms with Crippen molar-refractivity contribution >= 4 is 22.6 Å². The van der Waals surface area contributed by atoms with Crippen LogP contribution in [0.3, 0.4) is 0 Å². The summed E-state index contributed by atoms with van der Waals surface area (Å²) in [6.07, 6.45) is 2.29. The fourth-order valence-corrected chi connectivity index (χ4v) is 2.96. The summed E-state index contributed by atoms with van der Waals surface area (Å²) < 4.78 is 5.51. The highest BCUT2D eigenvalue weighted by atomic mass is 16.5. The standard InChI is InChI=1S/C18H18N4O2/c1-11-7-9-24-16(11)18(23)20-12-5-6-13-15(10-12)22-17(21-13)14-4-2-3-8-19-14/h2-6,8,10-11,16H,7,9H2,1H3,(H,20,23)(H,21,22)/t11-,16+/m1/s1. The summed E-state index contributed by atoms with van der Waals surface area (Å²) in [6, 6.07) is 11.3. The number of ether oxygens (including phenoxy) is 1. The summed E-state index contributed by atoms with van der Waals surface area (Å²) in [5, 5.41) is 2.93. The van der Waals surface area contributed by atoms with Gasteiger partial charge in [0, 0.05) is 18.5 Å². The molecular formula is C18H18N4O2. The number of H-pyrrole nitrogens is 1. The van der Waals surface area contributed by atoms with Gasteiger partial charge in [-0.05, 0) is 42.7 Å². The average molecular weight is 322 g/mol. The zero-order valence-electron chi connectivity index (χ0n) is 13.3. The highest BCUT2D eigenvalue weighted by molar-refractivity contribution is 5.96. The molecule has 24 heavy (non-hydrogen) atoms. The smallest absolute Gasteiger partial charge is 0.253 e. The molecule has 1 aromatic carbocycles. The van der Waals surface area contributed by atoms with Gasteiger partial charge in [-0.1, -0.05) is 13.0 Å². The van der Waals surface area contributed by atoms with E-state index in [1.165, 1.54) is 0 Å². The third-order valence-electron chi connectivity index (χ3n) is 4.30. The molecule has 2 aromatic heterocycles. The zero-order valence-corrected chi connectivity index (χ0v) is 13.3. The second-order valence-electron chi connectivity index (χ2n) is 6.08. The number of carbonyl (C=O) groups is 1. The summed E-state index contributed by atoms with van der Waals surface area (Å²) in [4.78, 5) is 24.4. The van der Waals surface area contributed by atoms with Gasteiger partial charge in [0.25, 0.3) is 5.91 Å². The Kier molecular flexibility index (Phi) is 3.74. The van der Waals surface area contributed by atoms with Gasteiger partial charge >= 0.3 is 0 Å². The maximum absolute atomic E-state index is 12.3. The van der Waals surface area contributed by atoms with Gasteiger partial charge in [0.05, 0.1) is 11.0 Å². The van der Waals surface area contributed by atoms with Gasteiger partial charge in [-0.3, -0.25) is 9.78 Å². The SMILES string of the molecule is C[C@@H]1CCO[C@@H]1C(=O)Nc1ccc2nc(-c3ccccn3)[nH]c2c1. The van der Waals surface area contributed by atoms with Crippen LogP contribution in [0.25, 0.3) is 22.6 Å². The minimum atomic E-state index is -0.369. The van der Waals surface area contributed by atoms with Gasteiger partial charge in [0.1, 0.15) is 11.8 Å². The van der Waals surface area contributed by atoms with Crippen LogP contribution in [0.15, 0.2) is 42.6 Å². The van der Waals surface area contributed by atoms with Crippen LogP contribution in [0, 0.1) is 5.92 Å². The van der Waals surface area contributed by atoms with Crippen molar-refractivity contribution in [2.75, 3.05) is 11.9 Å². The fraction of sp³-hybridized carbons (Fsp3) is 0.278. The Morgan fingerprint density at radius 1 is 1.33 bits per heavy atom. The lowest BCUT2D eigenvalue weighted by Crippen LogP contribution is -2.31. The summed E-state index contributed by atoms with van der Waals surface area (Å²) >= 11 is 0. The van der Waals surface area contributed by atoms with Crippen LogP contribution in [0.2, 0.25) is 0 Å². The normalized spacial score (nSPS) is 20.4. The van der Waals surface area contributed by atoms with Gasteiger partial charge in [0.2, 0.25) is 0 Å². The van der Waals surface area contributed by atoms with Crippen molar-refractivity contribution in [3.63, 3.8) is 0 Å². The molecule has 1 aliphatic rings. The van der Waals surface area contributed by atoms with Crippen molar-refractivity contribution < 1.29 is 9.53 Å². The highest BCUT2D eigenvalue weighted by Gasteiger charge is 2.30. The van der Waals surface area contributed by atoms with Gasteiger partial charge in [-0.25, -0.2) is 4.98 Å². The van der Waals surface area contributed by atoms with E-state index in [9.17, 15) is 4.79 Å². The van der Waals surface area contributed by atoms with Crippen molar-refractivity contribution in [2.24, 2.45) is 5.92 Å². The highest BCUT2D eigenvalue weighted by Crippen LogP contribution is 2.24. The van der Waals surface area contributed by atoms with Gasteiger partial charge in [0.15, 0.2) is 5.82 Å². The van der Waals surface area contributed by atoms with Crippen molar-refractivity contribution in [1.82, 2.24) is 15.0 Å². The molecule has 3 heterocycles. The van der Waals surface area contributed by atoms with Crippen molar-refractivity contribution in [1.29, 1.82) is 0 Å². The number of benzene rings is 1. The monoisotopic (exact) mass is 322 g/mol. The first kappa shape index (κ1) is 14.8. The summed E-state index contributed by atoms with van der Waals surface area (Å²) in [5.74, 6) is 0.863. The zero-order chi connectivity index (χ0) is 16.5. The summed E-state index contributed by atoms with van der Waals surface area (Å²) in [6.45, 7) is 2.68. The maximum Gasteiger partial charge on any atom is 0.253 e. The van der Waals surface area contributed by atoms with E-state index in [2.05, 4.69) is 20.3 Å². The Labute approximate surface area is 139 Å². The molecule has 1 aliphatic heterocycles. The van der Waals surface area contributed by atoms with Crippen LogP contribution in [0.5, 0.6) is 0 Å². The third-order valence-corrected chi connectivity index (χ3v) is 4.30. The molecule has 6 nitrogen and oxygen atoms in total. The molecule has 1 fully saturated rings. The number of aromatic amines is 1. The number of hydrogen-bond donors (Lipinski definition) is 2. The number of carbonyl (C=O) groups excluding carboxylic acids is 1. The molecule has 2 atom stereocenters. The minimum absolute atomic E-state index is 0.0937. The van der Waals surface area contributed by atoms with Crippen molar-refractivity contribution in [3.05, 3.63) is 42.6 Å². The number of nitrogens with one attached hydrogen (secondary N) is 2. The molecule has 0 unspecified atom stereocenters. The second kappa shape index (κ2) is 6.05. The molecular weight excluding hydrogens is 304 g/mol. The quantitative estimate of drug-likeness (QED) is 0.777. The molecule has 122 valence electrons.